The molecule has 2 nitrogen and oxygen atoms in total. The molecule has 0 aliphatic carbocycles. The predicted octanol–water partition coefficient (Wildman–Crippen LogP) is 2.01. The molecule has 1 aromatic rings. The first-order chi connectivity index (χ1) is 6.18. The molecule has 1 aromatic carbocycles. The van der Waals surface area contributed by atoms with Crippen LogP contribution in [-0.2, 0) is 11.2 Å². The van der Waals surface area contributed by atoms with Crippen LogP contribution in [0.1, 0.15) is 5.56 Å². The highest BCUT2D eigenvalue weighted by atomic mass is 19.1. The summed E-state index contributed by atoms with van der Waals surface area (Å²) in [7, 11) is 0. The zero-order valence-electron chi connectivity index (χ0n) is 6.90. The van der Waals surface area contributed by atoms with E-state index in [0.717, 1.165) is 11.6 Å². The van der Waals surface area contributed by atoms with E-state index in [4.69, 9.17) is 5.11 Å². The van der Waals surface area contributed by atoms with E-state index in [9.17, 15) is 9.18 Å². The number of benzene rings is 1. The molecule has 68 valence electrons. The van der Waals surface area contributed by atoms with Gasteiger partial charge in [0.2, 0.25) is 0 Å². The summed E-state index contributed by atoms with van der Waals surface area (Å²) in [6.45, 7) is 0. The third-order valence-corrected chi connectivity index (χ3v) is 1.50. The maximum absolute atomic E-state index is 12.6. The summed E-state index contributed by atoms with van der Waals surface area (Å²) in [6, 6.07) is 6.07. The average molecular weight is 180 g/mol. The van der Waals surface area contributed by atoms with Gasteiger partial charge in [-0.2, -0.15) is 0 Å². The minimum Gasteiger partial charge on any atom is -0.478 e. The van der Waals surface area contributed by atoms with Crippen LogP contribution in [0.4, 0.5) is 4.39 Å². The van der Waals surface area contributed by atoms with Gasteiger partial charge in [-0.15, -0.1) is 0 Å². The Kier molecular flexibility index (Phi) is 3.20. The summed E-state index contributed by atoms with van der Waals surface area (Å²) in [5.41, 5.74) is 0.762. The van der Waals surface area contributed by atoms with Gasteiger partial charge >= 0.3 is 5.97 Å². The van der Waals surface area contributed by atoms with E-state index in [-0.39, 0.29) is 5.82 Å². The molecule has 0 aliphatic rings. The maximum Gasteiger partial charge on any atom is 0.327 e. The number of carboxylic acids is 1. The molecular formula is C10H9FO2. The van der Waals surface area contributed by atoms with Crippen LogP contribution in [0.3, 0.4) is 0 Å². The normalized spacial score (nSPS) is 10.5. The van der Waals surface area contributed by atoms with E-state index in [2.05, 4.69) is 0 Å². The second-order valence-electron chi connectivity index (χ2n) is 2.57. The Morgan fingerprint density at radius 2 is 2.31 bits per heavy atom. The van der Waals surface area contributed by atoms with Crippen molar-refractivity contribution in [3.63, 3.8) is 0 Å². The van der Waals surface area contributed by atoms with E-state index in [1.807, 2.05) is 0 Å². The number of hydrogen-bond acceptors (Lipinski definition) is 1. The van der Waals surface area contributed by atoms with Gasteiger partial charge in [0, 0.05) is 6.08 Å². The molecule has 0 bridgehead atoms. The van der Waals surface area contributed by atoms with Gasteiger partial charge in [0.05, 0.1) is 0 Å². The highest BCUT2D eigenvalue weighted by Gasteiger charge is 1.92. The Bertz CT molecular complexity index is 331. The monoisotopic (exact) mass is 180 g/mol. The highest BCUT2D eigenvalue weighted by molar-refractivity contribution is 5.79. The first-order valence-electron chi connectivity index (χ1n) is 3.82. The van der Waals surface area contributed by atoms with Crippen LogP contribution < -0.4 is 0 Å². The van der Waals surface area contributed by atoms with E-state index in [0.29, 0.717) is 6.42 Å². The van der Waals surface area contributed by atoms with Gasteiger partial charge in [-0.1, -0.05) is 18.2 Å². The Morgan fingerprint density at radius 3 is 2.92 bits per heavy atom. The van der Waals surface area contributed by atoms with Crippen molar-refractivity contribution in [3.05, 3.63) is 47.8 Å². The van der Waals surface area contributed by atoms with Crippen molar-refractivity contribution < 1.29 is 14.3 Å². The smallest absolute Gasteiger partial charge is 0.327 e. The lowest BCUT2D eigenvalue weighted by molar-refractivity contribution is -0.131. The fourth-order valence-electron chi connectivity index (χ4n) is 0.960. The lowest BCUT2D eigenvalue weighted by atomic mass is 10.1. The molecule has 0 spiro atoms. The van der Waals surface area contributed by atoms with E-state index in [1.54, 1.807) is 12.1 Å². The molecule has 3 heteroatoms. The summed E-state index contributed by atoms with van der Waals surface area (Å²) in [6.07, 6.45) is 2.96. The molecule has 0 aliphatic heterocycles. The summed E-state index contributed by atoms with van der Waals surface area (Å²) < 4.78 is 12.6. The molecular weight excluding hydrogens is 171 g/mol. The Hall–Kier alpha value is -1.64. The fourth-order valence-corrected chi connectivity index (χ4v) is 0.960. The molecule has 0 saturated carbocycles. The molecule has 0 radical (unpaired) electrons. The van der Waals surface area contributed by atoms with Crippen molar-refractivity contribution in [2.75, 3.05) is 0 Å². The number of carboxylic acid groups (broad SMARTS) is 1. The second-order valence-corrected chi connectivity index (χ2v) is 2.57. The van der Waals surface area contributed by atoms with E-state index in [1.165, 1.54) is 18.2 Å². The molecule has 0 amide bonds. The number of carbonyl (C=O) groups is 1. The van der Waals surface area contributed by atoms with Gasteiger partial charge in [-0.05, 0) is 24.1 Å². The first kappa shape index (κ1) is 9.45. The number of aliphatic carboxylic acids is 1. The molecule has 0 aromatic heterocycles. The number of rotatable bonds is 3. The summed E-state index contributed by atoms with van der Waals surface area (Å²) in [5, 5.41) is 8.29. The van der Waals surface area contributed by atoms with Crippen LogP contribution in [0, 0.1) is 5.82 Å². The van der Waals surface area contributed by atoms with E-state index < -0.39 is 5.97 Å². The predicted molar refractivity (Wildman–Crippen MR) is 46.9 cm³/mol. The zero-order valence-corrected chi connectivity index (χ0v) is 6.90. The lowest BCUT2D eigenvalue weighted by Gasteiger charge is -1.94. The molecule has 0 unspecified atom stereocenters. The second kappa shape index (κ2) is 4.40. The Balaban J connectivity index is 2.59. The standard InChI is InChI=1S/C10H9FO2/c11-9-5-1-3-8(7-9)4-2-6-10(12)13/h1-3,5-7H,4H2,(H,12,13)/b6-2+. The molecule has 0 saturated heterocycles. The molecule has 0 atom stereocenters. The molecule has 0 heterocycles. The van der Waals surface area contributed by atoms with Gasteiger partial charge in [-0.25, -0.2) is 9.18 Å². The third-order valence-electron chi connectivity index (χ3n) is 1.50. The minimum atomic E-state index is -0.989. The summed E-state index contributed by atoms with van der Waals surface area (Å²) >= 11 is 0. The van der Waals surface area contributed by atoms with Gasteiger partial charge in [-0.3, -0.25) is 0 Å². The summed E-state index contributed by atoms with van der Waals surface area (Å²) in [5.74, 6) is -1.29. The zero-order chi connectivity index (χ0) is 9.68. The minimum absolute atomic E-state index is 0.304. The van der Waals surface area contributed by atoms with Crippen LogP contribution in [0.5, 0.6) is 0 Å². The number of allylic oxidation sites excluding steroid dienone is 1. The van der Waals surface area contributed by atoms with Crippen molar-refractivity contribution in [2.45, 2.75) is 6.42 Å². The van der Waals surface area contributed by atoms with Gasteiger partial charge in [0.25, 0.3) is 0 Å². The SMILES string of the molecule is O=C(O)/C=C/Cc1cccc(F)c1. The van der Waals surface area contributed by atoms with Gasteiger partial charge < -0.3 is 5.11 Å². The number of hydrogen-bond donors (Lipinski definition) is 1. The molecule has 1 rings (SSSR count). The molecule has 0 fully saturated rings. The lowest BCUT2D eigenvalue weighted by Crippen LogP contribution is -1.88. The van der Waals surface area contributed by atoms with Crippen LogP contribution in [-0.4, -0.2) is 11.1 Å². The molecule has 1 N–H and O–H groups in total. The van der Waals surface area contributed by atoms with Crippen molar-refractivity contribution in [3.8, 4) is 0 Å². The van der Waals surface area contributed by atoms with Crippen LogP contribution in [0.25, 0.3) is 0 Å². The fraction of sp³-hybridized carbons (Fsp3) is 0.100. The number of halogens is 1. The van der Waals surface area contributed by atoms with Crippen molar-refractivity contribution in [1.29, 1.82) is 0 Å². The largest absolute Gasteiger partial charge is 0.478 e. The Morgan fingerprint density at radius 1 is 1.54 bits per heavy atom. The quantitative estimate of drug-likeness (QED) is 0.722. The van der Waals surface area contributed by atoms with Crippen LogP contribution in [0.2, 0.25) is 0 Å². The average Bonchev–Trinajstić information content (AvgIpc) is 2.03. The van der Waals surface area contributed by atoms with Crippen molar-refractivity contribution >= 4 is 5.97 Å². The maximum atomic E-state index is 12.6. The highest BCUT2D eigenvalue weighted by Crippen LogP contribution is 2.04. The topological polar surface area (TPSA) is 37.3 Å². The third kappa shape index (κ3) is 3.51. The van der Waals surface area contributed by atoms with Gasteiger partial charge in [0.1, 0.15) is 5.82 Å². The Labute approximate surface area is 75.3 Å². The van der Waals surface area contributed by atoms with Gasteiger partial charge in [0.15, 0.2) is 0 Å². The summed E-state index contributed by atoms with van der Waals surface area (Å²) in [4.78, 5) is 10.1. The van der Waals surface area contributed by atoms with E-state index >= 15 is 0 Å². The first-order valence-corrected chi connectivity index (χ1v) is 3.82. The van der Waals surface area contributed by atoms with Crippen LogP contribution >= 0.6 is 0 Å². The van der Waals surface area contributed by atoms with Crippen molar-refractivity contribution in [2.24, 2.45) is 0 Å². The van der Waals surface area contributed by atoms with Crippen LogP contribution in [0.15, 0.2) is 36.4 Å². The van der Waals surface area contributed by atoms with Crippen molar-refractivity contribution in [1.82, 2.24) is 0 Å². The molecule has 13 heavy (non-hydrogen) atoms.